The zero-order chi connectivity index (χ0) is 19.0. The summed E-state index contributed by atoms with van der Waals surface area (Å²) < 4.78 is 24.1. The molecule has 6 nitrogen and oxygen atoms in total. The van der Waals surface area contributed by atoms with Gasteiger partial charge in [0.05, 0.1) is 19.8 Å². The molecule has 0 bridgehead atoms. The minimum Gasteiger partial charge on any atom is -0.489 e. The second kappa shape index (κ2) is 11.7. The van der Waals surface area contributed by atoms with Crippen LogP contribution in [0.1, 0.15) is 20.8 Å². The Labute approximate surface area is 178 Å². The van der Waals surface area contributed by atoms with Crippen molar-refractivity contribution in [3.63, 3.8) is 0 Å². The van der Waals surface area contributed by atoms with Crippen molar-refractivity contribution in [2.24, 2.45) is 4.99 Å². The summed E-state index contributed by atoms with van der Waals surface area (Å²) in [7, 11) is 1.75. The van der Waals surface area contributed by atoms with E-state index in [2.05, 4.69) is 34.4 Å². The van der Waals surface area contributed by atoms with Crippen molar-refractivity contribution < 1.29 is 13.9 Å². The molecule has 0 amide bonds. The molecule has 0 spiro atoms. The van der Waals surface area contributed by atoms with Crippen molar-refractivity contribution in [3.05, 3.63) is 30.1 Å². The normalized spacial score (nSPS) is 17.0. The van der Waals surface area contributed by atoms with Crippen LogP contribution in [-0.4, -0.2) is 68.9 Å². The Morgan fingerprint density at radius 2 is 1.89 bits per heavy atom. The fourth-order valence-corrected chi connectivity index (χ4v) is 2.83. The summed E-state index contributed by atoms with van der Waals surface area (Å²) >= 11 is 0. The molecule has 27 heavy (non-hydrogen) atoms. The standard InChI is InChI=1S/C19H31FN4O2.HI/c1-15(26-17-7-5-16(20)6-8-17)13-22-18(21-4)23-14-19(2,3)24-9-11-25-12-10-24;/h5-8,15H,9-14H2,1-4H3,(H2,21,22,23);1H. The van der Waals surface area contributed by atoms with Gasteiger partial charge in [0.1, 0.15) is 17.7 Å². The summed E-state index contributed by atoms with van der Waals surface area (Å²) in [5.74, 6) is 1.12. The lowest BCUT2D eigenvalue weighted by atomic mass is 10.0. The van der Waals surface area contributed by atoms with Crippen LogP contribution in [-0.2, 0) is 4.74 Å². The molecule has 2 N–H and O–H groups in total. The Kier molecular flexibility index (Phi) is 10.3. The van der Waals surface area contributed by atoms with E-state index in [9.17, 15) is 4.39 Å². The third-order valence-corrected chi connectivity index (χ3v) is 4.49. The van der Waals surface area contributed by atoms with Crippen molar-refractivity contribution in [3.8, 4) is 5.75 Å². The monoisotopic (exact) mass is 494 g/mol. The van der Waals surface area contributed by atoms with Gasteiger partial charge in [0.25, 0.3) is 0 Å². The highest BCUT2D eigenvalue weighted by Crippen LogP contribution is 2.15. The van der Waals surface area contributed by atoms with Gasteiger partial charge in [-0.3, -0.25) is 9.89 Å². The summed E-state index contributed by atoms with van der Waals surface area (Å²) in [5, 5.41) is 6.66. The molecule has 1 aliphatic heterocycles. The maximum absolute atomic E-state index is 12.9. The number of ether oxygens (including phenoxy) is 2. The van der Waals surface area contributed by atoms with Crippen LogP contribution in [0.2, 0.25) is 0 Å². The number of halogens is 2. The molecule has 1 aliphatic rings. The van der Waals surface area contributed by atoms with E-state index >= 15 is 0 Å². The topological polar surface area (TPSA) is 58.1 Å². The SMILES string of the molecule is CN=C(NCC(C)Oc1ccc(F)cc1)NCC(C)(C)N1CCOCC1.I. The largest absolute Gasteiger partial charge is 0.489 e. The van der Waals surface area contributed by atoms with Crippen molar-refractivity contribution in [1.29, 1.82) is 0 Å². The molecule has 1 heterocycles. The summed E-state index contributed by atoms with van der Waals surface area (Å²) in [5.41, 5.74) is 0.0115. The van der Waals surface area contributed by atoms with E-state index in [1.807, 2.05) is 6.92 Å². The number of guanidine groups is 1. The molecule has 0 radical (unpaired) electrons. The fraction of sp³-hybridized carbons (Fsp3) is 0.632. The maximum Gasteiger partial charge on any atom is 0.191 e. The number of nitrogens with one attached hydrogen (secondary N) is 2. The lowest BCUT2D eigenvalue weighted by Gasteiger charge is -2.41. The quantitative estimate of drug-likeness (QED) is 0.347. The van der Waals surface area contributed by atoms with Crippen LogP contribution in [0.15, 0.2) is 29.3 Å². The van der Waals surface area contributed by atoms with E-state index in [1.165, 1.54) is 12.1 Å². The molecular weight excluding hydrogens is 462 g/mol. The minimum atomic E-state index is -0.268. The molecule has 0 aromatic heterocycles. The number of hydrogen-bond acceptors (Lipinski definition) is 4. The second-order valence-electron chi connectivity index (χ2n) is 7.10. The number of morpholine rings is 1. The van der Waals surface area contributed by atoms with Crippen LogP contribution in [0.3, 0.4) is 0 Å². The highest BCUT2D eigenvalue weighted by molar-refractivity contribution is 14.0. The average Bonchev–Trinajstić information content (AvgIpc) is 2.64. The van der Waals surface area contributed by atoms with Gasteiger partial charge in [0.15, 0.2) is 5.96 Å². The molecule has 1 aromatic rings. The molecule has 2 rings (SSSR count). The maximum atomic E-state index is 12.9. The Morgan fingerprint density at radius 3 is 2.48 bits per heavy atom. The highest BCUT2D eigenvalue weighted by atomic mass is 127. The Morgan fingerprint density at radius 1 is 1.26 bits per heavy atom. The van der Waals surface area contributed by atoms with Crippen molar-refractivity contribution >= 4 is 29.9 Å². The summed E-state index contributed by atoms with van der Waals surface area (Å²) in [4.78, 5) is 6.70. The molecule has 1 saturated heterocycles. The predicted molar refractivity (Wildman–Crippen MR) is 118 cm³/mol. The molecule has 1 atom stereocenters. The van der Waals surface area contributed by atoms with Crippen molar-refractivity contribution in [2.45, 2.75) is 32.4 Å². The van der Waals surface area contributed by atoms with Crippen LogP contribution < -0.4 is 15.4 Å². The number of nitrogens with zero attached hydrogens (tertiary/aromatic N) is 2. The van der Waals surface area contributed by atoms with E-state index in [-0.39, 0.29) is 41.4 Å². The first-order valence-electron chi connectivity index (χ1n) is 9.10. The summed E-state index contributed by atoms with van der Waals surface area (Å²) in [6, 6.07) is 6.04. The zero-order valence-corrected chi connectivity index (χ0v) is 19.0. The highest BCUT2D eigenvalue weighted by Gasteiger charge is 2.28. The Balaban J connectivity index is 0.00000364. The third kappa shape index (κ3) is 8.18. The zero-order valence-electron chi connectivity index (χ0n) is 16.6. The Hall–Kier alpha value is -1.13. The molecule has 154 valence electrons. The molecular formula is C19H32FIN4O2. The molecule has 8 heteroatoms. The first-order valence-corrected chi connectivity index (χ1v) is 9.10. The average molecular weight is 494 g/mol. The molecule has 1 aromatic carbocycles. The second-order valence-corrected chi connectivity index (χ2v) is 7.10. The first kappa shape index (κ1) is 23.9. The van der Waals surface area contributed by atoms with Crippen LogP contribution in [0.5, 0.6) is 5.75 Å². The predicted octanol–water partition coefficient (Wildman–Crippen LogP) is 2.49. The van der Waals surface area contributed by atoms with Crippen LogP contribution >= 0.6 is 24.0 Å². The molecule has 0 aliphatic carbocycles. The van der Waals surface area contributed by atoms with Gasteiger partial charge >= 0.3 is 0 Å². The van der Waals surface area contributed by atoms with Gasteiger partial charge in [-0.15, -0.1) is 24.0 Å². The lowest BCUT2D eigenvalue weighted by molar-refractivity contribution is -0.00834. The molecule has 1 unspecified atom stereocenters. The van der Waals surface area contributed by atoms with E-state index in [0.29, 0.717) is 12.3 Å². The summed E-state index contributed by atoms with van der Waals surface area (Å²) in [6.07, 6.45) is -0.0775. The number of benzene rings is 1. The van der Waals surface area contributed by atoms with Crippen LogP contribution in [0, 0.1) is 5.82 Å². The smallest absolute Gasteiger partial charge is 0.191 e. The lowest BCUT2D eigenvalue weighted by Crippen LogP contribution is -2.56. The van der Waals surface area contributed by atoms with E-state index in [4.69, 9.17) is 9.47 Å². The summed E-state index contributed by atoms with van der Waals surface area (Å²) in [6.45, 7) is 11.2. The third-order valence-electron chi connectivity index (χ3n) is 4.49. The van der Waals surface area contributed by atoms with Gasteiger partial charge in [0.2, 0.25) is 0 Å². The van der Waals surface area contributed by atoms with Gasteiger partial charge in [-0.05, 0) is 45.0 Å². The van der Waals surface area contributed by atoms with Gasteiger partial charge in [-0.25, -0.2) is 4.39 Å². The van der Waals surface area contributed by atoms with Gasteiger partial charge in [-0.1, -0.05) is 0 Å². The molecule has 1 fully saturated rings. The van der Waals surface area contributed by atoms with Crippen molar-refractivity contribution in [2.75, 3.05) is 46.4 Å². The number of rotatable bonds is 7. The van der Waals surface area contributed by atoms with Crippen molar-refractivity contribution in [1.82, 2.24) is 15.5 Å². The van der Waals surface area contributed by atoms with Crippen LogP contribution in [0.25, 0.3) is 0 Å². The van der Waals surface area contributed by atoms with Gasteiger partial charge < -0.3 is 20.1 Å². The van der Waals surface area contributed by atoms with E-state index < -0.39 is 0 Å². The van der Waals surface area contributed by atoms with Gasteiger partial charge in [0, 0.05) is 32.2 Å². The molecule has 0 saturated carbocycles. The first-order chi connectivity index (χ1) is 12.4. The Bertz CT molecular complexity index is 578. The number of hydrogen-bond donors (Lipinski definition) is 2. The minimum absolute atomic E-state index is 0. The van der Waals surface area contributed by atoms with E-state index in [0.717, 1.165) is 38.8 Å². The fourth-order valence-electron chi connectivity index (χ4n) is 2.83. The van der Waals surface area contributed by atoms with Crippen LogP contribution in [0.4, 0.5) is 4.39 Å². The van der Waals surface area contributed by atoms with Gasteiger partial charge in [-0.2, -0.15) is 0 Å². The van der Waals surface area contributed by atoms with E-state index in [1.54, 1.807) is 19.2 Å². The number of aliphatic imine (C=N–C) groups is 1.